The molecular weight excluding hydrogens is 431 g/mol. The van der Waals surface area contributed by atoms with Crippen LogP contribution in [0.2, 0.25) is 0 Å². The van der Waals surface area contributed by atoms with Crippen LogP contribution in [0.25, 0.3) is 5.57 Å². The summed E-state index contributed by atoms with van der Waals surface area (Å²) >= 11 is 0. The molecule has 1 heterocycles. The van der Waals surface area contributed by atoms with Gasteiger partial charge in [0.25, 0.3) is 5.91 Å². The molecule has 3 rings (SSSR count). The maximum Gasteiger partial charge on any atom is 0.254 e. The lowest BCUT2D eigenvalue weighted by Gasteiger charge is -2.40. The van der Waals surface area contributed by atoms with Crippen LogP contribution >= 0.6 is 0 Å². The van der Waals surface area contributed by atoms with E-state index in [-0.39, 0.29) is 12.2 Å². The molecule has 0 spiro atoms. The molecule has 32 heavy (non-hydrogen) atoms. The van der Waals surface area contributed by atoms with Crippen molar-refractivity contribution in [2.75, 3.05) is 12.3 Å². The van der Waals surface area contributed by atoms with Crippen LogP contribution < -0.4 is 4.72 Å². The van der Waals surface area contributed by atoms with E-state index in [0.717, 1.165) is 5.56 Å². The van der Waals surface area contributed by atoms with E-state index in [0.29, 0.717) is 18.5 Å². The Morgan fingerprint density at radius 3 is 2.56 bits per heavy atom. The Balaban J connectivity index is 1.92. The van der Waals surface area contributed by atoms with Crippen molar-refractivity contribution in [3.63, 3.8) is 0 Å². The van der Waals surface area contributed by atoms with Crippen LogP contribution in [0.4, 0.5) is 4.39 Å². The molecule has 0 aromatic heterocycles. The van der Waals surface area contributed by atoms with Gasteiger partial charge in [0.05, 0.1) is 5.75 Å². The van der Waals surface area contributed by atoms with Crippen molar-refractivity contribution < 1.29 is 22.7 Å². The van der Waals surface area contributed by atoms with Gasteiger partial charge < -0.3 is 10.0 Å². The first-order valence-corrected chi connectivity index (χ1v) is 12.7. The molecule has 2 aliphatic rings. The zero-order valence-electron chi connectivity index (χ0n) is 19.1. The fourth-order valence-electron chi connectivity index (χ4n) is 4.55. The van der Waals surface area contributed by atoms with Crippen molar-refractivity contribution in [1.82, 2.24) is 9.62 Å². The van der Waals surface area contributed by atoms with Gasteiger partial charge in [-0.05, 0) is 44.7 Å². The number of halogens is 1. The van der Waals surface area contributed by atoms with Gasteiger partial charge in [-0.15, -0.1) is 0 Å². The Bertz CT molecular complexity index is 1000. The fourth-order valence-corrected chi connectivity index (χ4v) is 5.46. The van der Waals surface area contributed by atoms with Gasteiger partial charge in [0, 0.05) is 24.0 Å². The summed E-state index contributed by atoms with van der Waals surface area (Å²) in [5.74, 6) is -0.572. The number of alkyl halides is 1. The molecule has 4 atom stereocenters. The lowest BCUT2D eigenvalue weighted by Crippen LogP contribution is -2.54. The van der Waals surface area contributed by atoms with Crippen LogP contribution in [0.1, 0.15) is 46.1 Å². The predicted molar refractivity (Wildman–Crippen MR) is 124 cm³/mol. The largest absolute Gasteiger partial charge is 0.381 e. The van der Waals surface area contributed by atoms with Crippen molar-refractivity contribution in [2.24, 2.45) is 5.41 Å². The highest BCUT2D eigenvalue weighted by molar-refractivity contribution is 7.89. The number of likely N-dealkylation sites (tertiary alicyclic amines) is 1. The van der Waals surface area contributed by atoms with Crippen molar-refractivity contribution >= 4 is 21.5 Å². The summed E-state index contributed by atoms with van der Waals surface area (Å²) in [6.45, 7) is 6.45. The van der Waals surface area contributed by atoms with E-state index in [9.17, 15) is 18.3 Å². The summed E-state index contributed by atoms with van der Waals surface area (Å²) in [5, 5.41) is 10.3. The number of nitrogens with one attached hydrogen (secondary N) is 1. The van der Waals surface area contributed by atoms with E-state index >= 15 is 4.39 Å². The first-order valence-electron chi connectivity index (χ1n) is 11.0. The summed E-state index contributed by atoms with van der Waals surface area (Å²) in [7, 11) is -3.52. The summed E-state index contributed by atoms with van der Waals surface area (Å²) in [4.78, 5) is 14.5. The molecule has 0 radical (unpaired) electrons. The second-order valence-corrected chi connectivity index (χ2v) is 11.5. The lowest BCUT2D eigenvalue weighted by atomic mass is 9.72. The topological polar surface area (TPSA) is 86.7 Å². The monoisotopic (exact) mass is 464 g/mol. The highest BCUT2D eigenvalue weighted by Crippen LogP contribution is 2.44. The SMILES string of the molecule is CCS(=O)(=O)N[C@H]1CCN(C(=O)C(C)(C)O)[C@H]1CC1(C)C=CC=C(c2ccccc2)C1F. The van der Waals surface area contributed by atoms with Gasteiger partial charge in [0.1, 0.15) is 11.8 Å². The van der Waals surface area contributed by atoms with Crippen LogP contribution in [-0.2, 0) is 14.8 Å². The predicted octanol–water partition coefficient (Wildman–Crippen LogP) is 3.05. The summed E-state index contributed by atoms with van der Waals surface area (Å²) in [6, 6.07) is 8.17. The number of rotatable bonds is 7. The Kier molecular flexibility index (Phi) is 6.98. The molecule has 1 amide bonds. The maximum atomic E-state index is 15.9. The number of hydrogen-bond acceptors (Lipinski definition) is 4. The fraction of sp³-hybridized carbons (Fsp3) is 0.542. The quantitative estimate of drug-likeness (QED) is 0.649. The second kappa shape index (κ2) is 9.08. The molecule has 1 aromatic carbocycles. The summed E-state index contributed by atoms with van der Waals surface area (Å²) in [5.41, 5.74) is -1.22. The van der Waals surface area contributed by atoms with Gasteiger partial charge in [-0.25, -0.2) is 17.5 Å². The Morgan fingerprint density at radius 2 is 1.97 bits per heavy atom. The van der Waals surface area contributed by atoms with E-state index in [2.05, 4.69) is 4.72 Å². The van der Waals surface area contributed by atoms with Crippen LogP contribution in [0.3, 0.4) is 0 Å². The molecule has 1 aliphatic heterocycles. The van der Waals surface area contributed by atoms with Gasteiger partial charge in [-0.1, -0.05) is 55.5 Å². The third kappa shape index (κ3) is 5.13. The minimum atomic E-state index is -3.52. The molecular formula is C24H33FN2O4S. The highest BCUT2D eigenvalue weighted by atomic mass is 32.2. The van der Waals surface area contributed by atoms with Gasteiger partial charge in [-0.3, -0.25) is 4.79 Å². The zero-order chi connectivity index (χ0) is 23.7. The molecule has 1 fully saturated rings. The Morgan fingerprint density at radius 1 is 1.31 bits per heavy atom. The molecule has 6 nitrogen and oxygen atoms in total. The number of carbonyl (C=O) groups excluding carboxylic acids is 1. The number of sulfonamides is 1. The minimum absolute atomic E-state index is 0.0839. The van der Waals surface area contributed by atoms with Crippen molar-refractivity contribution in [3.05, 3.63) is 54.1 Å². The van der Waals surface area contributed by atoms with Crippen molar-refractivity contribution in [3.8, 4) is 0 Å². The number of nitrogens with zero attached hydrogens (tertiary/aromatic N) is 1. The van der Waals surface area contributed by atoms with Gasteiger partial charge >= 0.3 is 0 Å². The van der Waals surface area contributed by atoms with Gasteiger partial charge in [-0.2, -0.15) is 0 Å². The third-order valence-electron chi connectivity index (χ3n) is 6.40. The summed E-state index contributed by atoms with van der Waals surface area (Å²) < 4.78 is 43.2. The molecule has 8 heteroatoms. The number of hydrogen-bond donors (Lipinski definition) is 2. The zero-order valence-corrected chi connectivity index (χ0v) is 19.9. The number of allylic oxidation sites excluding steroid dienone is 4. The average molecular weight is 465 g/mol. The van der Waals surface area contributed by atoms with E-state index in [1.165, 1.54) is 18.7 Å². The summed E-state index contributed by atoms with van der Waals surface area (Å²) in [6.07, 6.45) is 4.66. The molecule has 0 saturated carbocycles. The first kappa shape index (κ1) is 24.6. The second-order valence-electron chi connectivity index (χ2n) is 9.46. The van der Waals surface area contributed by atoms with E-state index in [1.807, 2.05) is 36.4 Å². The minimum Gasteiger partial charge on any atom is -0.381 e. The van der Waals surface area contributed by atoms with E-state index < -0.39 is 45.2 Å². The van der Waals surface area contributed by atoms with Crippen LogP contribution in [0.15, 0.2) is 48.6 Å². The molecule has 1 saturated heterocycles. The number of carbonyl (C=O) groups is 1. The average Bonchev–Trinajstić information content (AvgIpc) is 3.10. The smallest absolute Gasteiger partial charge is 0.254 e. The van der Waals surface area contributed by atoms with Crippen LogP contribution in [0.5, 0.6) is 0 Å². The van der Waals surface area contributed by atoms with Gasteiger partial charge in [0.15, 0.2) is 0 Å². The molecule has 1 aromatic rings. The third-order valence-corrected chi connectivity index (χ3v) is 7.82. The Hall–Kier alpha value is -2.03. The molecule has 2 N–H and O–H groups in total. The van der Waals surface area contributed by atoms with E-state index in [1.54, 1.807) is 26.0 Å². The molecule has 1 aliphatic carbocycles. The molecule has 2 unspecified atom stereocenters. The van der Waals surface area contributed by atoms with Gasteiger partial charge in [0.2, 0.25) is 10.0 Å². The normalized spacial score (nSPS) is 28.6. The number of benzene rings is 1. The van der Waals surface area contributed by atoms with Crippen LogP contribution in [-0.4, -0.2) is 60.5 Å². The lowest BCUT2D eigenvalue weighted by molar-refractivity contribution is -0.149. The number of amides is 1. The molecule has 176 valence electrons. The maximum absolute atomic E-state index is 15.9. The molecule has 0 bridgehead atoms. The van der Waals surface area contributed by atoms with Crippen molar-refractivity contribution in [2.45, 2.75) is 64.4 Å². The first-order chi connectivity index (χ1) is 14.9. The van der Waals surface area contributed by atoms with Crippen LogP contribution in [0, 0.1) is 5.41 Å². The van der Waals surface area contributed by atoms with E-state index in [4.69, 9.17) is 0 Å². The van der Waals surface area contributed by atoms with Crippen molar-refractivity contribution in [1.29, 1.82) is 0 Å². The Labute approximate surface area is 190 Å². The number of aliphatic hydroxyl groups is 1. The highest BCUT2D eigenvalue weighted by Gasteiger charge is 2.48. The standard InChI is InChI=1S/C24H33FN2O4S/c1-5-32(30,31)26-19-13-15-27(22(28)23(2,3)29)20(19)16-24(4)14-9-12-18(21(24)25)17-10-7-6-8-11-17/h6-12,14,19-21,26,29H,5,13,15-16H2,1-4H3/t19-,20-,21?,24?/m0/s1.